The zero-order valence-corrected chi connectivity index (χ0v) is 12.6. The van der Waals surface area contributed by atoms with Crippen molar-refractivity contribution in [2.45, 2.75) is 33.6 Å². The van der Waals surface area contributed by atoms with Crippen LogP contribution in [0.2, 0.25) is 0 Å². The third-order valence-corrected chi connectivity index (χ3v) is 2.41. The highest BCUT2D eigenvalue weighted by Crippen LogP contribution is 2.00. The van der Waals surface area contributed by atoms with Gasteiger partial charge in [0.25, 0.3) is 6.73 Å². The van der Waals surface area contributed by atoms with Crippen LogP contribution < -0.4 is 5.73 Å². The van der Waals surface area contributed by atoms with Crippen LogP contribution in [0.1, 0.15) is 32.8 Å². The number of rotatable bonds is 5. The summed E-state index contributed by atoms with van der Waals surface area (Å²) < 4.78 is 6.23. The van der Waals surface area contributed by atoms with E-state index in [0.717, 1.165) is 0 Å². The summed E-state index contributed by atoms with van der Waals surface area (Å²) in [5.74, 6) is 0. The zero-order chi connectivity index (χ0) is 15.2. The first kappa shape index (κ1) is 17.9. The van der Waals surface area contributed by atoms with Crippen molar-refractivity contribution in [3.05, 3.63) is 48.2 Å². The summed E-state index contributed by atoms with van der Waals surface area (Å²) in [6.45, 7) is 6.08. The van der Waals surface area contributed by atoms with Crippen molar-refractivity contribution in [2.24, 2.45) is 5.73 Å². The van der Waals surface area contributed by atoms with E-state index in [9.17, 15) is 4.79 Å². The largest absolute Gasteiger partial charge is 0.409 e. The fourth-order valence-electron chi connectivity index (χ4n) is 1.47. The van der Waals surface area contributed by atoms with Crippen molar-refractivity contribution in [1.82, 2.24) is 0 Å². The van der Waals surface area contributed by atoms with E-state index < -0.39 is 6.09 Å². The summed E-state index contributed by atoms with van der Waals surface area (Å²) in [7, 11) is 0. The van der Waals surface area contributed by atoms with Crippen molar-refractivity contribution in [1.29, 1.82) is 0 Å². The molecule has 1 aromatic rings. The number of aryl methyl sites for hydroxylation is 1. The normalized spacial score (nSPS) is 10.8. The molecule has 0 atom stereocenters. The van der Waals surface area contributed by atoms with Crippen LogP contribution in [0.4, 0.5) is 4.79 Å². The second-order valence-corrected chi connectivity index (χ2v) is 4.08. The Balaban J connectivity index is 0.000000367. The summed E-state index contributed by atoms with van der Waals surface area (Å²) in [5.41, 5.74) is 6.21. The minimum atomic E-state index is -0.763. The average Bonchev–Trinajstić information content (AvgIpc) is 2.45. The molecule has 1 rings (SSSR count). The zero-order valence-electron chi connectivity index (χ0n) is 12.6. The highest BCUT2D eigenvalue weighted by Gasteiger charge is 1.99. The van der Waals surface area contributed by atoms with Crippen molar-refractivity contribution in [3.63, 3.8) is 0 Å². The van der Waals surface area contributed by atoms with Crippen molar-refractivity contribution in [2.75, 3.05) is 6.73 Å². The number of hydrogen-bond donors (Lipinski definition) is 1. The van der Waals surface area contributed by atoms with E-state index in [1.165, 1.54) is 18.4 Å². The van der Waals surface area contributed by atoms with Gasteiger partial charge in [-0.05, 0) is 25.0 Å². The van der Waals surface area contributed by atoms with Crippen LogP contribution in [0, 0.1) is 0 Å². The van der Waals surface area contributed by atoms with Gasteiger partial charge in [-0.3, -0.25) is 0 Å². The fraction of sp³-hybridized carbons (Fsp3) is 0.375. The summed E-state index contributed by atoms with van der Waals surface area (Å²) >= 11 is 0. The molecule has 1 amide bonds. The lowest BCUT2D eigenvalue weighted by Crippen LogP contribution is -2.19. The van der Waals surface area contributed by atoms with Gasteiger partial charge in [-0.15, -0.1) is 0 Å². The number of nitrogens with two attached hydrogens (primary N) is 1. The molecule has 20 heavy (non-hydrogen) atoms. The average molecular weight is 277 g/mol. The smallest absolute Gasteiger partial charge is 0.389 e. The molecule has 0 heterocycles. The number of carbonyl (C=O) groups excluding carboxylic acids is 1. The van der Waals surface area contributed by atoms with E-state index in [4.69, 9.17) is 5.73 Å². The van der Waals surface area contributed by atoms with Gasteiger partial charge in [0.15, 0.2) is 6.20 Å². The quantitative estimate of drug-likeness (QED) is 0.510. The Morgan fingerprint density at radius 2 is 1.95 bits per heavy atom. The molecule has 0 aliphatic rings. The van der Waals surface area contributed by atoms with Crippen molar-refractivity contribution < 1.29 is 14.1 Å². The maximum Gasteiger partial charge on any atom is 0.409 e. The van der Waals surface area contributed by atoms with Gasteiger partial charge in [0.05, 0.1) is 0 Å². The molecule has 110 valence electrons. The Labute approximate surface area is 121 Å². The molecule has 0 fully saturated rings. The minimum Gasteiger partial charge on any atom is -0.389 e. The van der Waals surface area contributed by atoms with E-state index in [2.05, 4.69) is 42.0 Å². The van der Waals surface area contributed by atoms with Gasteiger partial charge in [-0.2, -0.15) is 4.58 Å². The van der Waals surface area contributed by atoms with Gasteiger partial charge in [0.1, 0.15) is 6.21 Å². The molecule has 2 N–H and O–H groups in total. The van der Waals surface area contributed by atoms with Gasteiger partial charge in [0, 0.05) is 6.92 Å². The van der Waals surface area contributed by atoms with Crippen LogP contribution in [-0.4, -0.2) is 23.6 Å². The Morgan fingerprint density at radius 3 is 2.40 bits per heavy atom. The standard InChI is InChI=1S/C9H12.C7H12N2O2/c1-2-6-9-7-4-3-5-8-9;1-3-5-9(4-2)6-11-7(8)10/h3-5,7-8H,2,6H2,1H3;3-5H,6H2,1-2H3,(H-,8,10)/p+1/b;5-3-,9-4+. The molecular weight excluding hydrogens is 252 g/mol. The van der Waals surface area contributed by atoms with Crippen LogP contribution in [0.5, 0.6) is 0 Å². The molecule has 1 aromatic carbocycles. The summed E-state index contributed by atoms with van der Waals surface area (Å²) in [4.78, 5) is 10.2. The molecule has 0 aromatic heterocycles. The Bertz CT molecular complexity index is 425. The Morgan fingerprint density at radius 1 is 1.30 bits per heavy atom. The van der Waals surface area contributed by atoms with Crippen LogP contribution >= 0.6 is 0 Å². The minimum absolute atomic E-state index is 0.163. The fourth-order valence-corrected chi connectivity index (χ4v) is 1.47. The molecular formula is C16H25N2O2+. The van der Waals surface area contributed by atoms with Gasteiger partial charge >= 0.3 is 6.09 Å². The molecule has 0 radical (unpaired) electrons. The number of nitrogens with zero attached hydrogens (tertiary/aromatic N) is 1. The number of primary amides is 1. The van der Waals surface area contributed by atoms with Crippen LogP contribution in [-0.2, 0) is 11.2 Å². The molecule has 0 spiro atoms. The molecule has 0 aliphatic carbocycles. The Kier molecular flexibility index (Phi) is 10.7. The Hall–Kier alpha value is -2.10. The third-order valence-electron chi connectivity index (χ3n) is 2.41. The van der Waals surface area contributed by atoms with Gasteiger partial charge in [0.2, 0.25) is 0 Å². The molecule has 0 aliphatic heterocycles. The molecule has 4 heteroatoms. The maximum absolute atomic E-state index is 10.2. The number of allylic oxidation sites excluding steroid dienone is 1. The first-order valence-corrected chi connectivity index (χ1v) is 6.78. The predicted molar refractivity (Wildman–Crippen MR) is 82.8 cm³/mol. The second kappa shape index (κ2) is 12.0. The lowest BCUT2D eigenvalue weighted by atomic mass is 10.1. The highest BCUT2D eigenvalue weighted by atomic mass is 16.6. The topological polar surface area (TPSA) is 55.3 Å². The van der Waals surface area contributed by atoms with Crippen LogP contribution in [0.15, 0.2) is 42.6 Å². The molecule has 0 unspecified atom stereocenters. The third kappa shape index (κ3) is 9.88. The molecule has 0 saturated heterocycles. The van der Waals surface area contributed by atoms with Crippen molar-refractivity contribution in [3.8, 4) is 0 Å². The lowest BCUT2D eigenvalue weighted by Gasteiger charge is -1.95. The number of benzene rings is 1. The molecule has 4 nitrogen and oxygen atoms in total. The number of carbonyl (C=O) groups is 1. The van der Waals surface area contributed by atoms with E-state index in [1.54, 1.807) is 17.0 Å². The van der Waals surface area contributed by atoms with E-state index >= 15 is 0 Å². The van der Waals surface area contributed by atoms with Gasteiger partial charge in [-0.25, -0.2) is 4.79 Å². The van der Waals surface area contributed by atoms with Crippen LogP contribution in [0.25, 0.3) is 0 Å². The monoisotopic (exact) mass is 277 g/mol. The number of amides is 1. The van der Waals surface area contributed by atoms with E-state index in [-0.39, 0.29) is 6.73 Å². The van der Waals surface area contributed by atoms with Crippen molar-refractivity contribution >= 4 is 12.3 Å². The first-order valence-electron chi connectivity index (χ1n) is 6.78. The van der Waals surface area contributed by atoms with Gasteiger partial charge < -0.3 is 10.5 Å². The summed E-state index contributed by atoms with van der Waals surface area (Å²) in [5, 5.41) is 0. The number of ether oxygens (including phenoxy) is 1. The highest BCUT2D eigenvalue weighted by molar-refractivity contribution is 5.64. The SMILES string of the molecule is C/C=C\[N+](=C/C)COC(N)=O.CCCc1ccccc1. The molecule has 0 saturated carbocycles. The predicted octanol–water partition coefficient (Wildman–Crippen LogP) is 3.32. The van der Waals surface area contributed by atoms with E-state index in [0.29, 0.717) is 0 Å². The van der Waals surface area contributed by atoms with Gasteiger partial charge in [-0.1, -0.05) is 43.7 Å². The summed E-state index contributed by atoms with van der Waals surface area (Å²) in [6.07, 6.45) is 7.09. The molecule has 0 bridgehead atoms. The van der Waals surface area contributed by atoms with E-state index in [1.807, 2.05) is 19.9 Å². The second-order valence-electron chi connectivity index (χ2n) is 4.08. The first-order chi connectivity index (χ1) is 9.63. The summed E-state index contributed by atoms with van der Waals surface area (Å²) in [6, 6.07) is 10.6. The maximum atomic E-state index is 10.2. The van der Waals surface area contributed by atoms with Crippen LogP contribution in [0.3, 0.4) is 0 Å². The number of hydrogen-bond acceptors (Lipinski definition) is 2. The lowest BCUT2D eigenvalue weighted by molar-refractivity contribution is -0.492.